The van der Waals surface area contributed by atoms with Crippen LogP contribution < -0.4 is 10.1 Å². The summed E-state index contributed by atoms with van der Waals surface area (Å²) < 4.78 is 122. The second-order valence-electron chi connectivity index (χ2n) is 13.7. The molecule has 1 spiro atoms. The molecule has 1 aliphatic carbocycles. The molecule has 2 amide bonds. The van der Waals surface area contributed by atoms with Crippen LogP contribution in [0.3, 0.4) is 0 Å². The van der Waals surface area contributed by atoms with Crippen molar-refractivity contribution in [3.8, 4) is 16.9 Å². The molecule has 3 aromatic rings. The Bertz CT molecular complexity index is 1950. The van der Waals surface area contributed by atoms with Crippen LogP contribution in [0, 0.1) is 11.6 Å². The number of benzene rings is 2. The highest BCUT2D eigenvalue weighted by atomic mass is 19.4. The minimum absolute atomic E-state index is 0.0219. The Morgan fingerprint density at radius 2 is 1.67 bits per heavy atom. The summed E-state index contributed by atoms with van der Waals surface area (Å²) >= 11 is 0. The number of anilines is 1. The van der Waals surface area contributed by atoms with E-state index in [0.29, 0.717) is 63.1 Å². The summed E-state index contributed by atoms with van der Waals surface area (Å²) in [5, 5.41) is 34.3. The number of halogens is 8. The van der Waals surface area contributed by atoms with Crippen LogP contribution in [-0.2, 0) is 33.2 Å². The summed E-state index contributed by atoms with van der Waals surface area (Å²) in [6.45, 7) is -0.716. The van der Waals surface area contributed by atoms with Gasteiger partial charge in [0.25, 0.3) is 11.8 Å². The van der Waals surface area contributed by atoms with E-state index in [4.69, 9.17) is 14.6 Å². The van der Waals surface area contributed by atoms with Crippen molar-refractivity contribution in [3.63, 3.8) is 0 Å². The molecule has 310 valence electrons. The van der Waals surface area contributed by atoms with Crippen LogP contribution in [0.4, 0.5) is 40.8 Å². The number of alkyl halides is 6. The number of aliphatic hydroxyl groups is 3. The Balaban J connectivity index is 1.37. The summed E-state index contributed by atoms with van der Waals surface area (Å²) in [5.41, 5.74) is -5.98. The van der Waals surface area contributed by atoms with Crippen molar-refractivity contribution in [2.24, 2.45) is 0 Å². The zero-order valence-corrected chi connectivity index (χ0v) is 30.5. The number of hydrogen-bond donors (Lipinski definition) is 4. The molecule has 5 rings (SSSR count). The smallest absolute Gasteiger partial charge is 0.433 e. The van der Waals surface area contributed by atoms with Gasteiger partial charge in [-0.25, -0.2) is 9.40 Å². The minimum Gasteiger partial charge on any atom is -0.509 e. The van der Waals surface area contributed by atoms with Crippen molar-refractivity contribution in [1.82, 2.24) is 15.0 Å². The van der Waals surface area contributed by atoms with E-state index in [1.54, 1.807) is 0 Å². The van der Waals surface area contributed by atoms with E-state index in [-0.39, 0.29) is 42.9 Å². The molecular formula is C38H40F8N4O7. The number of carbonyl (C=O) groups excluding carboxylic acids is 2. The molecular weight excluding hydrogens is 776 g/mol. The SMILES string of the molecule is CN1N(Cc2ccc(OCCCCCOC[C@H](O)CO)c(F)c2F)C(=O)C(C(=O)Nc2ccc(C(F)(F)F)cc2-c2ccc(C(F)(F)F)nc2)=C(O)C12CCCC2. The van der Waals surface area contributed by atoms with Crippen molar-refractivity contribution in [1.29, 1.82) is 0 Å². The normalized spacial score (nSPS) is 16.8. The lowest BCUT2D eigenvalue weighted by Crippen LogP contribution is -2.62. The lowest BCUT2D eigenvalue weighted by atomic mass is 9.88. The Hall–Kier alpha value is -4.85. The number of nitrogens with one attached hydrogen (secondary N) is 1. The third-order valence-corrected chi connectivity index (χ3v) is 9.88. The van der Waals surface area contributed by atoms with Crippen LogP contribution in [-0.4, -0.2) is 87.3 Å². The summed E-state index contributed by atoms with van der Waals surface area (Å²) in [5.74, 6) is -6.13. The molecule has 1 saturated carbocycles. The molecule has 2 heterocycles. The number of carbonyl (C=O) groups is 2. The molecule has 4 N–H and O–H groups in total. The number of unbranched alkanes of at least 4 members (excludes halogenated alkanes) is 2. The predicted octanol–water partition coefficient (Wildman–Crippen LogP) is 6.94. The predicted molar refractivity (Wildman–Crippen MR) is 187 cm³/mol. The van der Waals surface area contributed by atoms with E-state index in [9.17, 15) is 46.1 Å². The molecule has 2 aliphatic rings. The number of likely N-dealkylation sites (N-methyl/N-ethyl adjacent to an activating group) is 1. The highest BCUT2D eigenvalue weighted by Crippen LogP contribution is 2.45. The summed E-state index contributed by atoms with van der Waals surface area (Å²) in [7, 11) is 1.44. The molecule has 0 radical (unpaired) electrons. The first kappa shape index (κ1) is 43.3. The molecule has 1 fully saturated rings. The molecule has 1 atom stereocenters. The third-order valence-electron chi connectivity index (χ3n) is 9.88. The number of ether oxygens (including phenoxy) is 2. The quantitative estimate of drug-likeness (QED) is 0.0729. The number of hydrazine groups is 1. The molecule has 19 heteroatoms. The van der Waals surface area contributed by atoms with Gasteiger partial charge in [0, 0.05) is 42.2 Å². The van der Waals surface area contributed by atoms with Gasteiger partial charge in [0.2, 0.25) is 5.82 Å². The summed E-state index contributed by atoms with van der Waals surface area (Å²) in [4.78, 5) is 31.3. The van der Waals surface area contributed by atoms with Gasteiger partial charge in [0.15, 0.2) is 11.6 Å². The molecule has 0 bridgehead atoms. The van der Waals surface area contributed by atoms with Crippen molar-refractivity contribution < 1.29 is 69.5 Å². The topological polar surface area (TPSA) is 145 Å². The molecule has 0 saturated heterocycles. The summed E-state index contributed by atoms with van der Waals surface area (Å²) in [6.07, 6.45) is -6.83. The van der Waals surface area contributed by atoms with Crippen molar-refractivity contribution in [3.05, 3.63) is 88.4 Å². The molecule has 1 aromatic heterocycles. The molecule has 0 unspecified atom stereocenters. The van der Waals surface area contributed by atoms with Crippen LogP contribution in [0.25, 0.3) is 11.1 Å². The Morgan fingerprint density at radius 3 is 2.30 bits per heavy atom. The van der Waals surface area contributed by atoms with Gasteiger partial charge < -0.3 is 30.1 Å². The maximum absolute atomic E-state index is 15.5. The van der Waals surface area contributed by atoms with Gasteiger partial charge in [-0.05, 0) is 62.4 Å². The fourth-order valence-electron chi connectivity index (χ4n) is 6.76. The van der Waals surface area contributed by atoms with E-state index < -0.39 is 94.5 Å². The van der Waals surface area contributed by atoms with Gasteiger partial charge in [0.05, 0.1) is 37.5 Å². The number of aromatic nitrogens is 1. The van der Waals surface area contributed by atoms with E-state index in [1.807, 2.05) is 0 Å². The second kappa shape index (κ2) is 17.7. The highest BCUT2D eigenvalue weighted by Gasteiger charge is 2.53. The first-order valence-electron chi connectivity index (χ1n) is 17.9. The average molecular weight is 817 g/mol. The van der Waals surface area contributed by atoms with Crippen LogP contribution >= 0.6 is 0 Å². The Kier molecular flexibility index (Phi) is 13.5. The lowest BCUT2D eigenvalue weighted by molar-refractivity contribution is -0.163. The molecule has 57 heavy (non-hydrogen) atoms. The number of nitrogens with zero attached hydrogens (tertiary/aromatic N) is 3. The van der Waals surface area contributed by atoms with Gasteiger partial charge >= 0.3 is 12.4 Å². The highest BCUT2D eigenvalue weighted by molar-refractivity contribution is 6.24. The standard InChI is InChI=1S/C38H40F8N4O7/c1-49-36(13-3-4-14-36)33(53)30(34(54)48-27-10-9-24(37(41,42)43)17-26(27)22-8-12-29(47-18-22)38(44,45)46)35(55)50(49)19-23-7-11-28(32(40)31(23)39)57-16-6-2-5-15-56-21-25(52)20-51/h7-12,17-18,25,51-53H,2-6,13-16,19-21H2,1H3,(H,48,54)/t25-/m1/s1. The first-order valence-corrected chi connectivity index (χ1v) is 17.9. The zero-order chi connectivity index (χ0) is 41.7. The zero-order valence-electron chi connectivity index (χ0n) is 30.5. The Morgan fingerprint density at radius 1 is 0.965 bits per heavy atom. The van der Waals surface area contributed by atoms with Crippen LogP contribution in [0.5, 0.6) is 5.75 Å². The fraction of sp³-hybridized carbons (Fsp3) is 0.447. The van der Waals surface area contributed by atoms with Gasteiger partial charge in [0.1, 0.15) is 23.1 Å². The number of amides is 2. The monoisotopic (exact) mass is 816 g/mol. The van der Waals surface area contributed by atoms with Crippen molar-refractivity contribution in [2.45, 2.75) is 75.5 Å². The maximum Gasteiger partial charge on any atom is 0.433 e. The molecule has 2 aromatic carbocycles. The van der Waals surface area contributed by atoms with E-state index >= 15 is 8.78 Å². The first-order chi connectivity index (χ1) is 26.9. The lowest BCUT2D eigenvalue weighted by Gasteiger charge is -2.48. The number of hydrogen-bond acceptors (Lipinski definition) is 9. The molecule has 1 aliphatic heterocycles. The van der Waals surface area contributed by atoms with Gasteiger partial charge in [-0.3, -0.25) is 19.6 Å². The van der Waals surface area contributed by atoms with E-state index in [0.717, 1.165) is 17.1 Å². The Labute approximate surface area is 321 Å². The largest absolute Gasteiger partial charge is 0.509 e. The number of pyridine rings is 1. The van der Waals surface area contributed by atoms with Crippen LogP contribution in [0.15, 0.2) is 60.0 Å². The van der Waals surface area contributed by atoms with Gasteiger partial charge in [-0.2, -0.15) is 30.7 Å². The number of rotatable bonds is 15. The van der Waals surface area contributed by atoms with E-state index in [2.05, 4.69) is 10.3 Å². The third kappa shape index (κ3) is 9.65. The molecule has 11 nitrogen and oxygen atoms in total. The average Bonchev–Trinajstić information content (AvgIpc) is 3.67. The maximum atomic E-state index is 15.5. The number of aliphatic hydroxyl groups excluding tert-OH is 3. The van der Waals surface area contributed by atoms with Crippen LogP contribution in [0.1, 0.15) is 61.8 Å². The fourth-order valence-corrected chi connectivity index (χ4v) is 6.76. The van der Waals surface area contributed by atoms with Gasteiger partial charge in [-0.15, -0.1) is 0 Å². The van der Waals surface area contributed by atoms with Crippen molar-refractivity contribution >= 4 is 17.5 Å². The van der Waals surface area contributed by atoms with Gasteiger partial charge in [-0.1, -0.05) is 25.0 Å². The van der Waals surface area contributed by atoms with E-state index in [1.165, 1.54) is 24.2 Å². The van der Waals surface area contributed by atoms with Crippen molar-refractivity contribution in [2.75, 3.05) is 38.8 Å². The second-order valence-corrected chi connectivity index (χ2v) is 13.7. The van der Waals surface area contributed by atoms with Crippen LogP contribution in [0.2, 0.25) is 0 Å². The minimum atomic E-state index is -4.89. The summed E-state index contributed by atoms with van der Waals surface area (Å²) in [6, 6.07) is 5.83.